The number of benzene rings is 1. The Morgan fingerprint density at radius 2 is 1.83 bits per heavy atom. The summed E-state index contributed by atoms with van der Waals surface area (Å²) in [7, 11) is -3.25. The number of rotatable bonds is 6. The second-order valence-electron chi connectivity index (χ2n) is 6.10. The highest BCUT2D eigenvalue weighted by molar-refractivity contribution is 7.92. The van der Waals surface area contributed by atoms with E-state index < -0.39 is 9.84 Å². The van der Waals surface area contributed by atoms with Gasteiger partial charge in [-0.3, -0.25) is 4.79 Å². The van der Waals surface area contributed by atoms with Crippen LogP contribution in [0.1, 0.15) is 37.9 Å². The number of sulfone groups is 1. The predicted octanol–water partition coefficient (Wildman–Crippen LogP) is 3.57. The molecule has 24 heavy (non-hydrogen) atoms. The molecule has 5 nitrogen and oxygen atoms in total. The van der Waals surface area contributed by atoms with Gasteiger partial charge in [-0.05, 0) is 49.2 Å². The van der Waals surface area contributed by atoms with Crippen LogP contribution in [0.3, 0.4) is 0 Å². The lowest BCUT2D eigenvalue weighted by Crippen LogP contribution is -2.18. The van der Waals surface area contributed by atoms with E-state index in [-0.39, 0.29) is 11.2 Å². The Hall–Kier alpha value is -2.08. The quantitative estimate of drug-likeness (QED) is 0.867. The fraction of sp³-hybridized carbons (Fsp3) is 0.389. The third-order valence-electron chi connectivity index (χ3n) is 4.39. The zero-order chi connectivity index (χ0) is 17.0. The number of hydrogen-bond donors (Lipinski definition) is 1. The predicted molar refractivity (Wildman–Crippen MR) is 91.5 cm³/mol. The lowest BCUT2D eigenvalue weighted by molar-refractivity contribution is -0.116. The molecule has 1 aliphatic carbocycles. The Balaban J connectivity index is 1.59. The van der Waals surface area contributed by atoms with E-state index in [9.17, 15) is 13.2 Å². The average molecular weight is 347 g/mol. The molecule has 0 aliphatic heterocycles. The highest BCUT2D eigenvalue weighted by atomic mass is 32.2. The number of carbonyl (C=O) groups is 1. The molecule has 128 valence electrons. The summed E-state index contributed by atoms with van der Waals surface area (Å²) >= 11 is 0. The average Bonchev–Trinajstić information content (AvgIpc) is 3.27. The van der Waals surface area contributed by atoms with Gasteiger partial charge in [0.1, 0.15) is 5.76 Å². The third kappa shape index (κ3) is 3.87. The van der Waals surface area contributed by atoms with E-state index in [1.54, 1.807) is 36.6 Å². The maximum atomic E-state index is 12.5. The van der Waals surface area contributed by atoms with Crippen molar-refractivity contribution in [3.63, 3.8) is 0 Å². The molecule has 1 aromatic heterocycles. The summed E-state index contributed by atoms with van der Waals surface area (Å²) < 4.78 is 30.2. The highest BCUT2D eigenvalue weighted by Crippen LogP contribution is 2.30. The minimum absolute atomic E-state index is 0.127. The van der Waals surface area contributed by atoms with Crippen LogP contribution in [0.25, 0.3) is 0 Å². The first-order valence-electron chi connectivity index (χ1n) is 8.22. The largest absolute Gasteiger partial charge is 0.469 e. The van der Waals surface area contributed by atoms with Gasteiger partial charge in [0.05, 0.1) is 16.4 Å². The molecule has 1 aromatic carbocycles. The van der Waals surface area contributed by atoms with Crippen molar-refractivity contribution in [2.45, 2.75) is 48.7 Å². The number of carbonyl (C=O) groups excluding carboxylic acids is 1. The maximum absolute atomic E-state index is 12.5. The van der Waals surface area contributed by atoms with E-state index in [1.165, 1.54) is 0 Å². The van der Waals surface area contributed by atoms with Crippen LogP contribution >= 0.6 is 0 Å². The van der Waals surface area contributed by atoms with Crippen molar-refractivity contribution in [1.82, 2.24) is 0 Å². The van der Waals surface area contributed by atoms with Gasteiger partial charge in [-0.1, -0.05) is 12.8 Å². The first kappa shape index (κ1) is 16.8. The van der Waals surface area contributed by atoms with Crippen molar-refractivity contribution in [2.24, 2.45) is 0 Å². The molecular weight excluding hydrogens is 326 g/mol. The summed E-state index contributed by atoms with van der Waals surface area (Å²) in [5, 5.41) is 2.52. The molecule has 1 heterocycles. The number of anilines is 1. The minimum Gasteiger partial charge on any atom is -0.469 e. The van der Waals surface area contributed by atoms with Crippen molar-refractivity contribution in [3.05, 3.63) is 48.4 Å². The smallest absolute Gasteiger partial charge is 0.224 e. The van der Waals surface area contributed by atoms with Gasteiger partial charge in [0.25, 0.3) is 0 Å². The maximum Gasteiger partial charge on any atom is 0.224 e. The Bertz CT molecular complexity index is 773. The van der Waals surface area contributed by atoms with Gasteiger partial charge in [0.15, 0.2) is 9.84 Å². The second kappa shape index (κ2) is 7.21. The topological polar surface area (TPSA) is 76.4 Å². The molecule has 1 fully saturated rings. The zero-order valence-electron chi connectivity index (χ0n) is 13.4. The van der Waals surface area contributed by atoms with Crippen LogP contribution in [0.5, 0.6) is 0 Å². The summed E-state index contributed by atoms with van der Waals surface area (Å²) in [6, 6.07) is 10.1. The van der Waals surface area contributed by atoms with E-state index >= 15 is 0 Å². The van der Waals surface area contributed by atoms with Crippen LogP contribution in [-0.4, -0.2) is 19.6 Å². The normalized spacial score (nSPS) is 15.5. The Morgan fingerprint density at radius 1 is 1.12 bits per heavy atom. The summed E-state index contributed by atoms with van der Waals surface area (Å²) in [4.78, 5) is 12.3. The van der Waals surface area contributed by atoms with Crippen LogP contribution in [-0.2, 0) is 21.1 Å². The second-order valence-corrected chi connectivity index (χ2v) is 8.33. The molecule has 0 bridgehead atoms. The van der Waals surface area contributed by atoms with E-state index in [2.05, 4.69) is 5.32 Å². The van der Waals surface area contributed by atoms with Crippen LogP contribution in [0.4, 0.5) is 5.69 Å². The van der Waals surface area contributed by atoms with Crippen molar-refractivity contribution < 1.29 is 17.6 Å². The van der Waals surface area contributed by atoms with Crippen LogP contribution in [0.15, 0.2) is 52.0 Å². The molecule has 0 unspecified atom stereocenters. The number of hydrogen-bond acceptors (Lipinski definition) is 4. The summed E-state index contributed by atoms with van der Waals surface area (Å²) in [5.41, 5.74) is 0.602. The molecule has 3 rings (SSSR count). The number of nitrogens with one attached hydrogen (secondary N) is 1. The first-order valence-corrected chi connectivity index (χ1v) is 9.76. The Labute approximate surface area is 142 Å². The van der Waals surface area contributed by atoms with Gasteiger partial charge in [-0.25, -0.2) is 8.42 Å². The summed E-state index contributed by atoms with van der Waals surface area (Å²) in [6.07, 6.45) is 5.88. The Kier molecular flexibility index (Phi) is 5.04. The SMILES string of the molecule is O=C(CCc1ccco1)Nc1ccc(S(=O)(=O)C2CCCC2)cc1. The summed E-state index contributed by atoms with van der Waals surface area (Å²) in [5.74, 6) is 0.640. The molecule has 2 aromatic rings. The molecule has 1 aliphatic rings. The van der Waals surface area contributed by atoms with Gasteiger partial charge in [-0.15, -0.1) is 0 Å². The fourth-order valence-corrected chi connectivity index (χ4v) is 4.89. The molecule has 0 spiro atoms. The number of furan rings is 1. The van der Waals surface area contributed by atoms with Gasteiger partial charge in [0, 0.05) is 18.5 Å². The fourth-order valence-electron chi connectivity index (χ4n) is 3.03. The molecular formula is C18H21NO4S. The first-order chi connectivity index (χ1) is 11.6. The van der Waals surface area contributed by atoms with Crippen LogP contribution in [0.2, 0.25) is 0 Å². The number of aryl methyl sites for hydroxylation is 1. The van der Waals surface area contributed by atoms with E-state index in [0.717, 1.165) is 31.4 Å². The lowest BCUT2D eigenvalue weighted by Gasteiger charge is -2.12. The van der Waals surface area contributed by atoms with Gasteiger partial charge in [0.2, 0.25) is 5.91 Å². The zero-order valence-corrected chi connectivity index (χ0v) is 14.2. The third-order valence-corrected chi connectivity index (χ3v) is 6.66. The molecule has 1 N–H and O–H groups in total. The van der Waals surface area contributed by atoms with E-state index in [1.807, 2.05) is 6.07 Å². The van der Waals surface area contributed by atoms with Gasteiger partial charge in [-0.2, -0.15) is 0 Å². The van der Waals surface area contributed by atoms with Crippen molar-refractivity contribution >= 4 is 21.4 Å². The molecule has 0 atom stereocenters. The monoisotopic (exact) mass is 347 g/mol. The van der Waals surface area contributed by atoms with Crippen molar-refractivity contribution in [3.8, 4) is 0 Å². The molecule has 1 amide bonds. The van der Waals surface area contributed by atoms with E-state index in [4.69, 9.17) is 4.42 Å². The molecule has 0 saturated heterocycles. The highest BCUT2D eigenvalue weighted by Gasteiger charge is 2.30. The standard InChI is InChI=1S/C18H21NO4S/c20-18(12-9-15-4-3-13-23-15)19-14-7-10-17(11-8-14)24(21,22)16-5-1-2-6-16/h3-4,7-8,10-11,13,16H,1-2,5-6,9,12H2,(H,19,20). The Morgan fingerprint density at radius 3 is 2.46 bits per heavy atom. The van der Waals surface area contributed by atoms with Crippen LogP contribution < -0.4 is 5.32 Å². The summed E-state index contributed by atoms with van der Waals surface area (Å²) in [6.45, 7) is 0. The van der Waals surface area contributed by atoms with Gasteiger partial charge < -0.3 is 9.73 Å². The van der Waals surface area contributed by atoms with Gasteiger partial charge >= 0.3 is 0 Å². The molecule has 6 heteroatoms. The van der Waals surface area contributed by atoms with Crippen molar-refractivity contribution in [1.29, 1.82) is 0 Å². The molecule has 1 saturated carbocycles. The van der Waals surface area contributed by atoms with Crippen molar-refractivity contribution in [2.75, 3.05) is 5.32 Å². The van der Waals surface area contributed by atoms with Crippen LogP contribution in [0, 0.1) is 0 Å². The number of amides is 1. The minimum atomic E-state index is -3.25. The lowest BCUT2D eigenvalue weighted by atomic mass is 10.2. The molecule has 0 radical (unpaired) electrons. The van der Waals surface area contributed by atoms with E-state index in [0.29, 0.717) is 23.4 Å².